The van der Waals surface area contributed by atoms with E-state index in [0.29, 0.717) is 30.4 Å². The molecule has 0 unspecified atom stereocenters. The molecule has 2 aliphatic heterocycles. The molecule has 0 amide bonds. The van der Waals surface area contributed by atoms with Crippen molar-refractivity contribution in [3.05, 3.63) is 143 Å². The van der Waals surface area contributed by atoms with E-state index in [-0.39, 0.29) is 57.8 Å². The van der Waals surface area contributed by atoms with Gasteiger partial charge in [-0.1, -0.05) is 54.6 Å². The highest BCUT2D eigenvalue weighted by atomic mass is 16.5. The summed E-state index contributed by atoms with van der Waals surface area (Å²) in [4.78, 5) is 14.1. The van der Waals surface area contributed by atoms with Crippen LogP contribution >= 0.6 is 0 Å². The third kappa shape index (κ3) is 6.93. The van der Waals surface area contributed by atoms with Crippen molar-refractivity contribution in [2.24, 2.45) is 5.92 Å². The molecular formula is C42H38O9. The summed E-state index contributed by atoms with van der Waals surface area (Å²) in [7, 11) is 1.43. The Morgan fingerprint density at radius 3 is 1.90 bits per heavy atom. The smallest absolute Gasteiger partial charge is 0.193 e. The number of fused-ring (bicyclic) bond motifs is 3. The van der Waals surface area contributed by atoms with E-state index in [1.807, 2.05) is 24.3 Å². The van der Waals surface area contributed by atoms with Crippen molar-refractivity contribution in [1.82, 2.24) is 0 Å². The topological polar surface area (TPSA) is 146 Å². The van der Waals surface area contributed by atoms with Crippen LogP contribution in [0.3, 0.4) is 0 Å². The van der Waals surface area contributed by atoms with Crippen molar-refractivity contribution in [2.75, 3.05) is 7.11 Å². The number of carbonyl (C=O) groups excluding carboxylic acids is 1. The first-order valence-corrected chi connectivity index (χ1v) is 16.8. The third-order valence-corrected chi connectivity index (χ3v) is 9.82. The van der Waals surface area contributed by atoms with Gasteiger partial charge in [0.15, 0.2) is 5.78 Å². The van der Waals surface area contributed by atoms with Gasteiger partial charge in [-0.3, -0.25) is 4.79 Å². The predicted molar refractivity (Wildman–Crippen MR) is 191 cm³/mol. The minimum Gasteiger partial charge on any atom is -0.508 e. The molecule has 2 heterocycles. The van der Waals surface area contributed by atoms with Gasteiger partial charge in [0.2, 0.25) is 0 Å². The van der Waals surface area contributed by atoms with Gasteiger partial charge >= 0.3 is 0 Å². The first kappa shape index (κ1) is 33.6. The van der Waals surface area contributed by atoms with E-state index >= 15 is 0 Å². The van der Waals surface area contributed by atoms with E-state index in [1.54, 1.807) is 66.7 Å². The van der Waals surface area contributed by atoms with Crippen LogP contribution in [0, 0.1) is 5.92 Å². The van der Waals surface area contributed by atoms with Gasteiger partial charge < -0.3 is 39.7 Å². The zero-order valence-corrected chi connectivity index (χ0v) is 27.8. The average Bonchev–Trinajstić information content (AvgIpc) is 3.14. The second kappa shape index (κ2) is 14.1. The Hall–Kier alpha value is -5.93. The number of phenols is 5. The number of benzene rings is 5. The molecule has 1 fully saturated rings. The van der Waals surface area contributed by atoms with Crippen molar-refractivity contribution < 1.29 is 44.5 Å². The maximum atomic E-state index is 14.1. The molecule has 1 saturated heterocycles. The zero-order valence-electron chi connectivity index (χ0n) is 27.8. The molecule has 9 heteroatoms. The molecule has 5 aromatic rings. The summed E-state index contributed by atoms with van der Waals surface area (Å²) >= 11 is 0. The molecule has 51 heavy (non-hydrogen) atoms. The van der Waals surface area contributed by atoms with Crippen LogP contribution in [0.4, 0.5) is 0 Å². The van der Waals surface area contributed by atoms with Gasteiger partial charge in [-0.2, -0.15) is 0 Å². The van der Waals surface area contributed by atoms with Crippen LogP contribution in [0.1, 0.15) is 69.1 Å². The summed E-state index contributed by atoms with van der Waals surface area (Å²) in [5, 5.41) is 51.5. The lowest BCUT2D eigenvalue weighted by molar-refractivity contribution is -0.134. The van der Waals surface area contributed by atoms with Crippen molar-refractivity contribution >= 4 is 11.9 Å². The lowest BCUT2D eigenvalue weighted by atomic mass is 9.68. The lowest BCUT2D eigenvalue weighted by Crippen LogP contribution is -2.42. The Kier molecular flexibility index (Phi) is 9.30. The van der Waals surface area contributed by atoms with Crippen molar-refractivity contribution in [3.63, 3.8) is 0 Å². The monoisotopic (exact) mass is 686 g/mol. The number of aryl methyl sites for hydroxylation is 1. The van der Waals surface area contributed by atoms with Crippen LogP contribution in [-0.2, 0) is 11.2 Å². The molecule has 5 atom stereocenters. The van der Waals surface area contributed by atoms with Gasteiger partial charge in [-0.15, -0.1) is 0 Å². The molecule has 260 valence electrons. The number of rotatable bonds is 9. The summed E-state index contributed by atoms with van der Waals surface area (Å²) in [6, 6.07) is 28.6. The summed E-state index contributed by atoms with van der Waals surface area (Å²) in [5.41, 5.74) is 3.94. The van der Waals surface area contributed by atoms with Crippen molar-refractivity contribution in [3.8, 4) is 40.2 Å². The van der Waals surface area contributed by atoms with Crippen LogP contribution in [0.2, 0.25) is 0 Å². The first-order valence-electron chi connectivity index (χ1n) is 16.8. The Labute approximate surface area is 295 Å². The molecule has 9 nitrogen and oxygen atoms in total. The molecular weight excluding hydrogens is 648 g/mol. The van der Waals surface area contributed by atoms with Crippen molar-refractivity contribution in [1.29, 1.82) is 0 Å². The van der Waals surface area contributed by atoms with Crippen LogP contribution in [0.5, 0.6) is 40.2 Å². The van der Waals surface area contributed by atoms with Gasteiger partial charge in [0, 0.05) is 23.5 Å². The summed E-state index contributed by atoms with van der Waals surface area (Å²) in [6.45, 7) is 0. The number of ketones is 1. The van der Waals surface area contributed by atoms with Gasteiger partial charge in [-0.05, 0) is 96.1 Å². The molecule has 0 spiro atoms. The second-order valence-corrected chi connectivity index (χ2v) is 13.0. The minimum absolute atomic E-state index is 0.0660. The number of aromatic hydroxyl groups is 5. The van der Waals surface area contributed by atoms with Crippen LogP contribution in [-0.4, -0.2) is 44.5 Å². The minimum atomic E-state index is -0.681. The lowest BCUT2D eigenvalue weighted by Gasteiger charge is -2.49. The van der Waals surface area contributed by atoms with Crippen LogP contribution in [0.25, 0.3) is 6.08 Å². The summed E-state index contributed by atoms with van der Waals surface area (Å²) in [5.74, 6) is -0.344. The fourth-order valence-electron chi connectivity index (χ4n) is 7.34. The molecule has 2 aliphatic rings. The van der Waals surface area contributed by atoms with Gasteiger partial charge in [-0.25, -0.2) is 0 Å². The van der Waals surface area contributed by atoms with E-state index in [4.69, 9.17) is 14.2 Å². The first-order chi connectivity index (χ1) is 24.7. The van der Waals surface area contributed by atoms with Crippen LogP contribution in [0.15, 0.2) is 109 Å². The maximum absolute atomic E-state index is 14.1. The largest absolute Gasteiger partial charge is 0.508 e. The standard InChI is InChI=1S/C42H38O9/c1-49-36-23-35(48)37-33-22-32(20-6-24-2-12-28(43)13-3-24)50-40(26-8-16-30(45)17-9-26)38(33)41(27-10-18-31(46)19-11-27)51-42(37)39(36)34(47)21-7-25-4-14-29(44)15-5-25/h2-5,7-19,21,23,32-33,38,40-41,43-46,48H,6,20,22H2,1H3/t32-,33-,38+,40+,41-/m0/s1. The fourth-order valence-corrected chi connectivity index (χ4v) is 7.34. The normalized spacial score (nSPS) is 21.0. The number of hydrogen-bond acceptors (Lipinski definition) is 9. The van der Waals surface area contributed by atoms with Gasteiger partial charge in [0.25, 0.3) is 0 Å². The van der Waals surface area contributed by atoms with Crippen LogP contribution < -0.4 is 9.47 Å². The van der Waals surface area contributed by atoms with E-state index in [0.717, 1.165) is 16.7 Å². The fraction of sp³-hybridized carbons (Fsp3) is 0.214. The highest BCUT2D eigenvalue weighted by Crippen LogP contribution is 2.60. The predicted octanol–water partition coefficient (Wildman–Crippen LogP) is 8.12. The molecule has 5 aromatic carbocycles. The molecule has 7 rings (SSSR count). The molecule has 0 aliphatic carbocycles. The van der Waals surface area contributed by atoms with Gasteiger partial charge in [0.1, 0.15) is 51.9 Å². The SMILES string of the molecule is COc1cc(O)c2c(c1C(=O)C=Cc1ccc(O)cc1)O[C@@H](c1ccc(O)cc1)[C@H]1[C@@H](c3ccc(O)cc3)O[C@@H](CCc3ccc(O)cc3)C[C@@H]21. The summed E-state index contributed by atoms with van der Waals surface area (Å²) in [6.07, 6.45) is 3.36. The van der Waals surface area contributed by atoms with E-state index in [2.05, 4.69) is 0 Å². The highest BCUT2D eigenvalue weighted by molar-refractivity contribution is 6.11. The molecule has 0 saturated carbocycles. The second-order valence-electron chi connectivity index (χ2n) is 13.0. The third-order valence-electron chi connectivity index (χ3n) is 9.82. The zero-order chi connectivity index (χ0) is 35.6. The van der Waals surface area contributed by atoms with E-state index in [1.165, 1.54) is 31.4 Å². The molecule has 0 aromatic heterocycles. The highest BCUT2D eigenvalue weighted by Gasteiger charge is 2.51. The number of ether oxygens (including phenoxy) is 3. The summed E-state index contributed by atoms with van der Waals surface area (Å²) < 4.78 is 19.4. The average molecular weight is 687 g/mol. The molecule has 0 radical (unpaired) electrons. The van der Waals surface area contributed by atoms with E-state index in [9.17, 15) is 30.3 Å². The molecule has 0 bridgehead atoms. The Balaban J connectivity index is 1.36. The van der Waals surface area contributed by atoms with Crippen molar-refractivity contribution in [2.45, 2.75) is 43.5 Å². The number of allylic oxidation sites excluding steroid dienone is 1. The Bertz CT molecular complexity index is 2040. The Morgan fingerprint density at radius 1 is 0.765 bits per heavy atom. The number of hydrogen-bond donors (Lipinski definition) is 5. The Morgan fingerprint density at radius 2 is 1.31 bits per heavy atom. The van der Waals surface area contributed by atoms with Gasteiger partial charge in [0.05, 0.1) is 19.3 Å². The number of phenolic OH excluding ortho intramolecular Hbond substituents is 5. The number of carbonyl (C=O) groups is 1. The molecule has 5 N–H and O–H groups in total. The number of methoxy groups -OCH3 is 1. The van der Waals surface area contributed by atoms with E-state index < -0.39 is 23.9 Å². The quantitative estimate of drug-likeness (QED) is 0.0767. The maximum Gasteiger partial charge on any atom is 0.193 e.